The van der Waals surface area contributed by atoms with Gasteiger partial charge < -0.3 is 15.4 Å². The predicted octanol–water partition coefficient (Wildman–Crippen LogP) is 6.89. The highest BCUT2D eigenvalue weighted by atomic mass is 79.9. The molecule has 0 bridgehead atoms. The topological polar surface area (TPSA) is 50.4 Å². The number of halogens is 2. The third kappa shape index (κ3) is 6.51. The Morgan fingerprint density at radius 2 is 1.77 bits per heavy atom. The fourth-order valence-electron chi connectivity index (χ4n) is 2.77. The van der Waals surface area contributed by atoms with Crippen molar-refractivity contribution in [2.24, 2.45) is 5.92 Å². The average molecular weight is 488 g/mol. The standard InChI is InChI=1S/C24H24BrClN2O2/c1-16(2)24(29)28-22-9-7-21(8-10-22)27-14-18-13-19(25)6-11-23(18)30-15-17-4-3-5-20(26)12-17/h3-13,16,27H,14-15H2,1-2H3,(H,28,29). The molecular formula is C24H24BrClN2O2. The molecule has 2 N–H and O–H groups in total. The summed E-state index contributed by atoms with van der Waals surface area (Å²) < 4.78 is 7.03. The summed E-state index contributed by atoms with van der Waals surface area (Å²) >= 11 is 9.59. The van der Waals surface area contributed by atoms with Crippen LogP contribution in [0.25, 0.3) is 0 Å². The minimum Gasteiger partial charge on any atom is -0.489 e. The van der Waals surface area contributed by atoms with E-state index in [1.807, 2.05) is 80.6 Å². The van der Waals surface area contributed by atoms with Gasteiger partial charge in [0.2, 0.25) is 5.91 Å². The molecule has 0 radical (unpaired) electrons. The maximum absolute atomic E-state index is 11.8. The number of amides is 1. The van der Waals surface area contributed by atoms with Crippen molar-refractivity contribution >= 4 is 44.8 Å². The third-order valence-electron chi connectivity index (χ3n) is 4.47. The van der Waals surface area contributed by atoms with Crippen molar-refractivity contribution in [2.45, 2.75) is 27.0 Å². The summed E-state index contributed by atoms with van der Waals surface area (Å²) in [6, 6.07) is 21.3. The Kier molecular flexibility index (Phi) is 7.77. The molecule has 3 rings (SSSR count). The number of rotatable bonds is 8. The summed E-state index contributed by atoms with van der Waals surface area (Å²) in [4.78, 5) is 11.8. The molecule has 0 fully saturated rings. The Bertz CT molecular complexity index is 1010. The maximum atomic E-state index is 11.8. The van der Waals surface area contributed by atoms with Crippen LogP contribution in [-0.4, -0.2) is 5.91 Å². The Morgan fingerprint density at radius 3 is 2.47 bits per heavy atom. The molecule has 3 aromatic rings. The second kappa shape index (κ2) is 10.5. The van der Waals surface area contributed by atoms with Gasteiger partial charge in [0.15, 0.2) is 0 Å². The van der Waals surface area contributed by atoms with Crippen molar-refractivity contribution in [3.8, 4) is 5.75 Å². The average Bonchev–Trinajstić information content (AvgIpc) is 2.72. The second-order valence-electron chi connectivity index (χ2n) is 7.25. The molecule has 6 heteroatoms. The van der Waals surface area contributed by atoms with Gasteiger partial charge in [-0.05, 0) is 60.2 Å². The second-order valence-corrected chi connectivity index (χ2v) is 8.60. The van der Waals surface area contributed by atoms with E-state index in [0.29, 0.717) is 18.2 Å². The van der Waals surface area contributed by atoms with Crippen molar-refractivity contribution in [2.75, 3.05) is 10.6 Å². The zero-order valence-corrected chi connectivity index (χ0v) is 19.3. The molecule has 0 unspecified atom stereocenters. The van der Waals surface area contributed by atoms with Crippen molar-refractivity contribution in [3.05, 3.63) is 87.4 Å². The lowest BCUT2D eigenvalue weighted by Gasteiger charge is -2.14. The summed E-state index contributed by atoms with van der Waals surface area (Å²) in [6.07, 6.45) is 0. The molecule has 30 heavy (non-hydrogen) atoms. The SMILES string of the molecule is CC(C)C(=O)Nc1ccc(NCc2cc(Br)ccc2OCc2cccc(Cl)c2)cc1. The molecule has 0 aromatic heterocycles. The number of hydrogen-bond donors (Lipinski definition) is 2. The largest absolute Gasteiger partial charge is 0.489 e. The van der Waals surface area contributed by atoms with E-state index >= 15 is 0 Å². The molecule has 0 saturated heterocycles. The smallest absolute Gasteiger partial charge is 0.226 e. The number of carbonyl (C=O) groups is 1. The number of ether oxygens (including phenoxy) is 1. The van der Waals surface area contributed by atoms with Crippen molar-refractivity contribution < 1.29 is 9.53 Å². The van der Waals surface area contributed by atoms with Crippen LogP contribution in [-0.2, 0) is 17.9 Å². The van der Waals surface area contributed by atoms with Gasteiger partial charge in [-0.2, -0.15) is 0 Å². The molecule has 156 valence electrons. The summed E-state index contributed by atoms with van der Waals surface area (Å²) in [7, 11) is 0. The van der Waals surface area contributed by atoms with Crippen LogP contribution in [0.15, 0.2) is 71.2 Å². The van der Waals surface area contributed by atoms with Gasteiger partial charge >= 0.3 is 0 Å². The summed E-state index contributed by atoms with van der Waals surface area (Å²) in [5.41, 5.74) is 3.79. The summed E-state index contributed by atoms with van der Waals surface area (Å²) in [5.74, 6) is 0.766. The number of carbonyl (C=O) groups excluding carboxylic acids is 1. The van der Waals surface area contributed by atoms with Crippen molar-refractivity contribution in [1.82, 2.24) is 0 Å². The molecule has 0 heterocycles. The Morgan fingerprint density at radius 1 is 1.03 bits per heavy atom. The fraction of sp³-hybridized carbons (Fsp3) is 0.208. The van der Waals surface area contributed by atoms with Crippen LogP contribution in [0, 0.1) is 5.92 Å². The molecule has 0 saturated carbocycles. The highest BCUT2D eigenvalue weighted by Gasteiger charge is 2.08. The van der Waals surface area contributed by atoms with Crippen molar-refractivity contribution in [1.29, 1.82) is 0 Å². The van der Waals surface area contributed by atoms with Crippen LogP contribution in [0.1, 0.15) is 25.0 Å². The van der Waals surface area contributed by atoms with E-state index in [1.54, 1.807) is 0 Å². The van der Waals surface area contributed by atoms with Crippen LogP contribution in [0.2, 0.25) is 5.02 Å². The number of hydrogen-bond acceptors (Lipinski definition) is 3. The number of nitrogens with one attached hydrogen (secondary N) is 2. The van der Waals surface area contributed by atoms with E-state index in [2.05, 4.69) is 26.6 Å². The Labute approximate surface area is 190 Å². The predicted molar refractivity (Wildman–Crippen MR) is 127 cm³/mol. The number of benzene rings is 3. The molecule has 0 aliphatic carbocycles. The lowest BCUT2D eigenvalue weighted by Crippen LogP contribution is -2.17. The normalized spacial score (nSPS) is 10.7. The first-order valence-electron chi connectivity index (χ1n) is 9.71. The molecule has 1 amide bonds. The first-order chi connectivity index (χ1) is 14.4. The van der Waals surface area contributed by atoms with Crippen LogP contribution in [0.3, 0.4) is 0 Å². The maximum Gasteiger partial charge on any atom is 0.226 e. The molecule has 4 nitrogen and oxygen atoms in total. The quantitative estimate of drug-likeness (QED) is 0.364. The van der Waals surface area contributed by atoms with Crippen LogP contribution >= 0.6 is 27.5 Å². The van der Waals surface area contributed by atoms with E-state index in [9.17, 15) is 4.79 Å². The minimum absolute atomic E-state index is 0.00587. The summed E-state index contributed by atoms with van der Waals surface area (Å²) in [5, 5.41) is 6.99. The van der Waals surface area contributed by atoms with Gasteiger partial charge in [0.1, 0.15) is 12.4 Å². The monoisotopic (exact) mass is 486 g/mol. The van der Waals surface area contributed by atoms with Gasteiger partial charge in [-0.3, -0.25) is 4.79 Å². The molecule has 0 aliphatic heterocycles. The van der Waals surface area contributed by atoms with E-state index in [-0.39, 0.29) is 11.8 Å². The third-order valence-corrected chi connectivity index (χ3v) is 5.19. The molecule has 0 aliphatic rings. The molecule has 3 aromatic carbocycles. The van der Waals surface area contributed by atoms with Gasteiger partial charge in [-0.25, -0.2) is 0 Å². The highest BCUT2D eigenvalue weighted by molar-refractivity contribution is 9.10. The van der Waals surface area contributed by atoms with Gasteiger partial charge in [-0.1, -0.05) is 53.5 Å². The van der Waals surface area contributed by atoms with Crippen LogP contribution in [0.5, 0.6) is 5.75 Å². The fourth-order valence-corrected chi connectivity index (χ4v) is 3.39. The van der Waals surface area contributed by atoms with E-state index in [1.165, 1.54) is 0 Å². The summed E-state index contributed by atoms with van der Waals surface area (Å²) in [6.45, 7) is 4.78. The van der Waals surface area contributed by atoms with E-state index < -0.39 is 0 Å². The van der Waals surface area contributed by atoms with E-state index in [4.69, 9.17) is 16.3 Å². The minimum atomic E-state index is -0.0512. The van der Waals surface area contributed by atoms with E-state index in [0.717, 1.165) is 32.7 Å². The van der Waals surface area contributed by atoms with Gasteiger partial charge in [0.05, 0.1) is 0 Å². The van der Waals surface area contributed by atoms with Gasteiger partial charge in [-0.15, -0.1) is 0 Å². The highest BCUT2D eigenvalue weighted by Crippen LogP contribution is 2.26. The van der Waals surface area contributed by atoms with Gasteiger partial charge in [0, 0.05) is 38.9 Å². The Balaban J connectivity index is 1.63. The molecular weight excluding hydrogens is 464 g/mol. The Hall–Kier alpha value is -2.50. The van der Waals surface area contributed by atoms with Crippen molar-refractivity contribution in [3.63, 3.8) is 0 Å². The number of anilines is 2. The van der Waals surface area contributed by atoms with Crippen LogP contribution in [0.4, 0.5) is 11.4 Å². The van der Waals surface area contributed by atoms with Crippen LogP contribution < -0.4 is 15.4 Å². The van der Waals surface area contributed by atoms with Gasteiger partial charge in [0.25, 0.3) is 0 Å². The molecule has 0 spiro atoms. The zero-order chi connectivity index (χ0) is 21.5. The zero-order valence-electron chi connectivity index (χ0n) is 16.9. The first-order valence-corrected chi connectivity index (χ1v) is 10.9. The first kappa shape index (κ1) is 22.2. The lowest BCUT2D eigenvalue weighted by molar-refractivity contribution is -0.118. The molecule has 0 atom stereocenters. The lowest BCUT2D eigenvalue weighted by atomic mass is 10.2.